The van der Waals surface area contributed by atoms with Gasteiger partial charge in [-0.05, 0) is 89.9 Å². The van der Waals surface area contributed by atoms with E-state index in [0.717, 1.165) is 96.3 Å². The number of quaternary nitrogens is 1. The van der Waals surface area contributed by atoms with E-state index in [1.165, 1.54) is 103 Å². The Bertz CT molecular complexity index is 1440. The van der Waals surface area contributed by atoms with Crippen LogP contribution < -0.4 is 5.11 Å². The van der Waals surface area contributed by atoms with Gasteiger partial charge in [0.25, 0.3) is 0 Å². The first-order valence-electron chi connectivity index (χ1n) is 28.7. The Labute approximate surface area is 436 Å². The Morgan fingerprint density at radius 2 is 0.803 bits per heavy atom. The number of likely N-dealkylation sites (N-methyl/N-ethyl adjacent to an activating group) is 1. The summed E-state index contributed by atoms with van der Waals surface area (Å²) in [5.74, 6) is -2.30. The first-order valence-corrected chi connectivity index (χ1v) is 28.7. The largest absolute Gasteiger partial charge is 0.545 e. The molecule has 0 N–H and O–H groups in total. The van der Waals surface area contributed by atoms with E-state index >= 15 is 0 Å². The highest BCUT2D eigenvalue weighted by Crippen LogP contribution is 2.15. The molecule has 71 heavy (non-hydrogen) atoms. The predicted molar refractivity (Wildman–Crippen MR) is 297 cm³/mol. The van der Waals surface area contributed by atoms with Gasteiger partial charge in [0, 0.05) is 12.8 Å². The summed E-state index contributed by atoms with van der Waals surface area (Å²) in [4.78, 5) is 37.3. The molecule has 0 aromatic heterocycles. The van der Waals surface area contributed by atoms with Crippen molar-refractivity contribution in [1.82, 2.24) is 0 Å². The molecule has 0 saturated heterocycles. The second-order valence-electron chi connectivity index (χ2n) is 20.2. The number of nitrogens with zero attached hydrogens (tertiary/aromatic N) is 1. The molecule has 0 amide bonds. The molecule has 9 nitrogen and oxygen atoms in total. The Balaban J connectivity index is 4.30. The molecule has 0 aliphatic heterocycles. The molecule has 0 aromatic carbocycles. The second kappa shape index (κ2) is 52.8. The van der Waals surface area contributed by atoms with Gasteiger partial charge in [-0.25, -0.2) is 0 Å². The lowest BCUT2D eigenvalue weighted by Gasteiger charge is -2.26. The molecule has 0 spiro atoms. The van der Waals surface area contributed by atoms with Crippen molar-refractivity contribution in [1.29, 1.82) is 0 Å². The summed E-state index contributed by atoms with van der Waals surface area (Å²) in [5, 5.41) is 11.8. The minimum absolute atomic E-state index is 0.142. The molecule has 408 valence electrons. The fourth-order valence-electron chi connectivity index (χ4n) is 7.71. The Morgan fingerprint density at radius 1 is 0.437 bits per heavy atom. The van der Waals surface area contributed by atoms with E-state index in [0.29, 0.717) is 17.4 Å². The number of unbranched alkanes of at least 4 members (excludes halogenated alkanes) is 23. The fraction of sp³-hybridized carbons (Fsp3) is 0.726. The van der Waals surface area contributed by atoms with Crippen molar-refractivity contribution in [2.75, 3.05) is 47.5 Å². The van der Waals surface area contributed by atoms with E-state index < -0.39 is 24.3 Å². The zero-order chi connectivity index (χ0) is 52.0. The number of carboxylic acids is 1. The van der Waals surface area contributed by atoms with Gasteiger partial charge >= 0.3 is 11.9 Å². The molecule has 2 atom stereocenters. The van der Waals surface area contributed by atoms with Crippen molar-refractivity contribution < 1.29 is 42.9 Å². The van der Waals surface area contributed by atoms with Gasteiger partial charge in [0.2, 0.25) is 0 Å². The number of hydrogen-bond donors (Lipinski definition) is 0. The summed E-state index contributed by atoms with van der Waals surface area (Å²) in [7, 11) is 5.91. The molecule has 0 aliphatic carbocycles. The van der Waals surface area contributed by atoms with Crippen LogP contribution in [0.15, 0.2) is 85.1 Å². The van der Waals surface area contributed by atoms with Gasteiger partial charge < -0.3 is 33.3 Å². The molecule has 0 aliphatic rings. The zero-order valence-electron chi connectivity index (χ0n) is 46.3. The standard InChI is InChI=1S/C62H107NO8/c1-6-8-10-12-14-16-18-20-22-24-26-28-30-32-34-36-38-40-42-44-46-48-50-52-59(64)69-56-58(57-70-62(61(66)67)68-55-54-63(3,4)5)71-60(65)53-51-49-47-45-43-41-39-37-35-33-31-29-27-25-23-21-19-17-15-13-11-9-7-2/h9,11,15,17-18,20-21,23-24,26-27,29-30,32,58,62H,6-8,10,12-14,16,19,22,25,28,31,33-57H2,1-5H3/b11-9-,17-15-,20-18-,23-21-,26-24-,29-27-,32-30-. The maximum absolute atomic E-state index is 12.9. The van der Waals surface area contributed by atoms with Crippen LogP contribution in [0.4, 0.5) is 0 Å². The van der Waals surface area contributed by atoms with E-state index in [1.807, 2.05) is 21.1 Å². The Morgan fingerprint density at radius 3 is 1.20 bits per heavy atom. The lowest BCUT2D eigenvalue weighted by molar-refractivity contribution is -0.870. The SMILES string of the molecule is CC/C=C\C/C=C\C/C=C\C/C=C\CCCCCCCCCCCCC(=O)OC(COC(=O)CCCCCCCCCC/C=C\C/C=C\C/C=C\CCCCCCC)COC(OCC[N+](C)(C)C)C(=O)[O-]. The zero-order valence-corrected chi connectivity index (χ0v) is 46.3. The number of esters is 2. The quantitative estimate of drug-likeness (QED) is 0.0195. The van der Waals surface area contributed by atoms with Gasteiger partial charge in [-0.15, -0.1) is 0 Å². The third-order valence-electron chi connectivity index (χ3n) is 12.1. The van der Waals surface area contributed by atoms with Crippen LogP contribution in [0.5, 0.6) is 0 Å². The van der Waals surface area contributed by atoms with Crippen molar-refractivity contribution in [3.05, 3.63) is 85.1 Å². The van der Waals surface area contributed by atoms with Gasteiger partial charge in [0.05, 0.1) is 40.3 Å². The van der Waals surface area contributed by atoms with E-state index in [2.05, 4.69) is 98.9 Å². The third-order valence-corrected chi connectivity index (χ3v) is 12.1. The number of ether oxygens (including phenoxy) is 4. The van der Waals surface area contributed by atoms with Crippen LogP contribution in [-0.2, 0) is 33.3 Å². The molecule has 9 heteroatoms. The van der Waals surface area contributed by atoms with E-state index in [-0.39, 0.29) is 38.6 Å². The van der Waals surface area contributed by atoms with Crippen molar-refractivity contribution in [2.24, 2.45) is 0 Å². The van der Waals surface area contributed by atoms with Crippen LogP contribution in [0.3, 0.4) is 0 Å². The fourth-order valence-corrected chi connectivity index (χ4v) is 7.71. The molecule has 0 aromatic rings. The predicted octanol–water partition coefficient (Wildman–Crippen LogP) is 15.5. The van der Waals surface area contributed by atoms with Crippen LogP contribution in [0.1, 0.15) is 232 Å². The average Bonchev–Trinajstić information content (AvgIpc) is 3.34. The smallest absolute Gasteiger partial charge is 0.306 e. The Hall–Kier alpha value is -3.53. The first-order chi connectivity index (χ1) is 34.6. The minimum atomic E-state index is -1.63. The van der Waals surface area contributed by atoms with Gasteiger partial charge in [0.1, 0.15) is 13.2 Å². The van der Waals surface area contributed by atoms with Gasteiger partial charge in [-0.2, -0.15) is 0 Å². The average molecular weight is 995 g/mol. The van der Waals surface area contributed by atoms with Crippen molar-refractivity contribution in [2.45, 2.75) is 245 Å². The van der Waals surface area contributed by atoms with Crippen molar-refractivity contribution >= 4 is 17.9 Å². The minimum Gasteiger partial charge on any atom is -0.545 e. The van der Waals surface area contributed by atoms with Gasteiger partial charge in [-0.1, -0.05) is 214 Å². The second-order valence-corrected chi connectivity index (χ2v) is 20.2. The summed E-state index contributed by atoms with van der Waals surface area (Å²) in [6.45, 7) is 4.61. The van der Waals surface area contributed by atoms with Crippen molar-refractivity contribution in [3.8, 4) is 0 Å². The van der Waals surface area contributed by atoms with E-state index in [1.54, 1.807) is 0 Å². The number of allylic oxidation sites excluding steroid dienone is 14. The van der Waals surface area contributed by atoms with Gasteiger partial charge in [0.15, 0.2) is 12.4 Å². The number of carbonyl (C=O) groups is 3. The normalized spacial score (nSPS) is 13.4. The van der Waals surface area contributed by atoms with Crippen molar-refractivity contribution in [3.63, 3.8) is 0 Å². The number of carboxylic acid groups (broad SMARTS) is 1. The highest BCUT2D eigenvalue weighted by molar-refractivity contribution is 5.70. The molecule has 0 heterocycles. The first kappa shape index (κ1) is 67.5. The monoisotopic (exact) mass is 994 g/mol. The number of hydrogen-bond acceptors (Lipinski definition) is 8. The lowest BCUT2D eigenvalue weighted by atomic mass is 10.0. The number of aliphatic carboxylic acids is 1. The molecule has 0 saturated carbocycles. The molecule has 0 rings (SSSR count). The summed E-state index contributed by atoms with van der Waals surface area (Å²) < 4.78 is 22.7. The summed E-state index contributed by atoms with van der Waals surface area (Å²) in [6.07, 6.45) is 66.2. The van der Waals surface area contributed by atoms with Crippen LogP contribution in [0, 0.1) is 0 Å². The van der Waals surface area contributed by atoms with Gasteiger partial charge in [-0.3, -0.25) is 9.59 Å². The Kier molecular flexibility index (Phi) is 50.2. The summed E-state index contributed by atoms with van der Waals surface area (Å²) in [6, 6.07) is 0. The number of rotatable bonds is 52. The lowest BCUT2D eigenvalue weighted by Crippen LogP contribution is -2.44. The molecular weight excluding hydrogens is 887 g/mol. The third kappa shape index (κ3) is 54.1. The molecule has 2 unspecified atom stereocenters. The summed E-state index contributed by atoms with van der Waals surface area (Å²) in [5.41, 5.74) is 0. The summed E-state index contributed by atoms with van der Waals surface area (Å²) >= 11 is 0. The molecule has 0 fully saturated rings. The van der Waals surface area contributed by atoms with E-state index in [9.17, 15) is 19.5 Å². The maximum atomic E-state index is 12.9. The molecular formula is C62H107NO8. The van der Waals surface area contributed by atoms with Crippen LogP contribution in [-0.4, -0.2) is 82.3 Å². The molecule has 0 radical (unpaired) electrons. The van der Waals surface area contributed by atoms with E-state index in [4.69, 9.17) is 18.9 Å². The maximum Gasteiger partial charge on any atom is 0.306 e. The number of carbonyl (C=O) groups excluding carboxylic acids is 3. The highest BCUT2D eigenvalue weighted by atomic mass is 16.7. The van der Waals surface area contributed by atoms with Crippen LogP contribution >= 0.6 is 0 Å². The van der Waals surface area contributed by atoms with Crippen LogP contribution in [0.2, 0.25) is 0 Å². The van der Waals surface area contributed by atoms with Crippen LogP contribution in [0.25, 0.3) is 0 Å². The highest BCUT2D eigenvalue weighted by Gasteiger charge is 2.22. The topological polar surface area (TPSA) is 111 Å². The molecule has 0 bridgehead atoms.